The maximum Gasteiger partial charge on any atom is 0.417 e. The molecule has 0 bridgehead atoms. The Morgan fingerprint density at radius 2 is 1.69 bits per heavy atom. The number of aromatic nitrogens is 1. The lowest BCUT2D eigenvalue weighted by atomic mass is 10.1. The highest BCUT2D eigenvalue weighted by molar-refractivity contribution is 6.36. The molecule has 1 aromatic heterocycles. The number of hydrogen-bond acceptors (Lipinski definition) is 4. The molecule has 1 fully saturated rings. The van der Waals surface area contributed by atoms with E-state index in [0.29, 0.717) is 47.7 Å². The van der Waals surface area contributed by atoms with Gasteiger partial charge in [0.15, 0.2) is 0 Å². The van der Waals surface area contributed by atoms with Crippen LogP contribution in [0.15, 0.2) is 30.5 Å². The Bertz CT molecular complexity index is 856. The zero-order chi connectivity index (χ0) is 18.9. The van der Waals surface area contributed by atoms with Gasteiger partial charge in [-0.2, -0.15) is 18.4 Å². The monoisotopic (exact) mass is 400 g/mol. The molecule has 1 aliphatic rings. The van der Waals surface area contributed by atoms with Crippen LogP contribution in [-0.2, 0) is 6.18 Å². The van der Waals surface area contributed by atoms with Crippen LogP contribution < -0.4 is 9.80 Å². The first-order chi connectivity index (χ1) is 12.3. The van der Waals surface area contributed by atoms with Crippen molar-refractivity contribution in [2.75, 3.05) is 36.0 Å². The highest BCUT2D eigenvalue weighted by Crippen LogP contribution is 2.35. The van der Waals surface area contributed by atoms with Gasteiger partial charge in [0.2, 0.25) is 0 Å². The Labute approximate surface area is 158 Å². The Hall–Kier alpha value is -2.17. The normalized spacial score (nSPS) is 15.1. The van der Waals surface area contributed by atoms with Crippen LogP contribution in [0, 0.1) is 11.3 Å². The average molecular weight is 401 g/mol. The van der Waals surface area contributed by atoms with Crippen LogP contribution in [0.3, 0.4) is 0 Å². The van der Waals surface area contributed by atoms with E-state index in [-0.39, 0.29) is 5.56 Å². The zero-order valence-corrected chi connectivity index (χ0v) is 14.9. The Balaban J connectivity index is 1.77. The molecule has 0 N–H and O–H groups in total. The van der Waals surface area contributed by atoms with Crippen LogP contribution in [0.4, 0.5) is 24.7 Å². The van der Waals surface area contributed by atoms with Gasteiger partial charge < -0.3 is 9.80 Å². The number of nitriles is 1. The number of pyridine rings is 1. The predicted molar refractivity (Wildman–Crippen MR) is 94.8 cm³/mol. The van der Waals surface area contributed by atoms with E-state index in [1.54, 1.807) is 12.1 Å². The van der Waals surface area contributed by atoms with Gasteiger partial charge in [-0.15, -0.1) is 0 Å². The highest BCUT2D eigenvalue weighted by Gasteiger charge is 2.34. The molecule has 26 heavy (non-hydrogen) atoms. The summed E-state index contributed by atoms with van der Waals surface area (Å²) >= 11 is 12.0. The van der Waals surface area contributed by atoms with E-state index >= 15 is 0 Å². The standard InChI is InChI=1S/C17H13Cl2F3N4/c18-12-7-15(19)16(24-10-12)26-5-3-25(4-6-26)13-2-1-11(9-23)14(8-13)17(20,21)22/h1-2,7-8,10H,3-6H2. The molecule has 1 aromatic carbocycles. The second kappa shape index (κ2) is 7.22. The van der Waals surface area contributed by atoms with E-state index in [4.69, 9.17) is 28.5 Å². The fourth-order valence-electron chi connectivity index (χ4n) is 2.88. The maximum absolute atomic E-state index is 13.1. The molecule has 0 radical (unpaired) electrons. The molecule has 0 aliphatic carbocycles. The predicted octanol–water partition coefficient (Wildman–Crippen LogP) is 4.61. The number of benzene rings is 1. The largest absolute Gasteiger partial charge is 0.417 e. The Morgan fingerprint density at radius 3 is 2.27 bits per heavy atom. The third kappa shape index (κ3) is 3.81. The van der Waals surface area contributed by atoms with Crippen molar-refractivity contribution in [2.24, 2.45) is 0 Å². The summed E-state index contributed by atoms with van der Waals surface area (Å²) in [6.07, 6.45) is -3.06. The first-order valence-electron chi connectivity index (χ1n) is 7.72. The lowest BCUT2D eigenvalue weighted by molar-refractivity contribution is -0.137. The molecule has 1 saturated heterocycles. The highest BCUT2D eigenvalue weighted by atomic mass is 35.5. The van der Waals surface area contributed by atoms with Crippen molar-refractivity contribution in [3.05, 3.63) is 51.6 Å². The third-order valence-corrected chi connectivity index (χ3v) is 4.65. The Kier molecular flexibility index (Phi) is 5.17. The first kappa shape index (κ1) is 18.6. The summed E-state index contributed by atoms with van der Waals surface area (Å²) in [7, 11) is 0. The quantitative estimate of drug-likeness (QED) is 0.738. The number of hydrogen-bond donors (Lipinski definition) is 0. The summed E-state index contributed by atoms with van der Waals surface area (Å²) < 4.78 is 39.4. The van der Waals surface area contributed by atoms with Crippen molar-refractivity contribution >= 4 is 34.7 Å². The van der Waals surface area contributed by atoms with E-state index in [1.807, 2.05) is 9.80 Å². The number of alkyl halides is 3. The minimum Gasteiger partial charge on any atom is -0.368 e. The van der Waals surface area contributed by atoms with Crippen molar-refractivity contribution in [1.82, 2.24) is 4.98 Å². The summed E-state index contributed by atoms with van der Waals surface area (Å²) in [5.41, 5.74) is -0.856. The summed E-state index contributed by atoms with van der Waals surface area (Å²) in [6, 6.07) is 6.97. The fraction of sp³-hybridized carbons (Fsp3) is 0.294. The van der Waals surface area contributed by atoms with Crippen molar-refractivity contribution in [3.63, 3.8) is 0 Å². The van der Waals surface area contributed by atoms with Crippen molar-refractivity contribution < 1.29 is 13.2 Å². The molecule has 9 heteroatoms. The van der Waals surface area contributed by atoms with Crippen molar-refractivity contribution in [2.45, 2.75) is 6.18 Å². The Morgan fingerprint density at radius 1 is 1.04 bits per heavy atom. The van der Waals surface area contributed by atoms with Crippen LogP contribution in [0.5, 0.6) is 0 Å². The van der Waals surface area contributed by atoms with Crippen LogP contribution >= 0.6 is 23.2 Å². The molecule has 0 spiro atoms. The number of halogens is 5. The maximum atomic E-state index is 13.1. The van der Waals surface area contributed by atoms with Crippen LogP contribution in [-0.4, -0.2) is 31.2 Å². The minimum atomic E-state index is -4.57. The van der Waals surface area contributed by atoms with Gasteiger partial charge in [-0.25, -0.2) is 4.98 Å². The van der Waals surface area contributed by atoms with E-state index in [0.717, 1.165) is 6.07 Å². The van der Waals surface area contributed by atoms with Crippen LogP contribution in [0.25, 0.3) is 0 Å². The van der Waals surface area contributed by atoms with Crippen molar-refractivity contribution in [1.29, 1.82) is 5.26 Å². The zero-order valence-electron chi connectivity index (χ0n) is 13.4. The molecule has 136 valence electrons. The fourth-order valence-corrected chi connectivity index (χ4v) is 3.38. The molecule has 2 heterocycles. The van der Waals surface area contributed by atoms with E-state index in [1.165, 1.54) is 18.3 Å². The van der Waals surface area contributed by atoms with Gasteiger partial charge in [-0.1, -0.05) is 23.2 Å². The lowest BCUT2D eigenvalue weighted by Crippen LogP contribution is -2.47. The molecular formula is C17H13Cl2F3N4. The second-order valence-electron chi connectivity index (χ2n) is 5.77. The van der Waals surface area contributed by atoms with Crippen LogP contribution in [0.1, 0.15) is 11.1 Å². The third-order valence-electron chi connectivity index (χ3n) is 4.16. The van der Waals surface area contributed by atoms with E-state index < -0.39 is 11.7 Å². The van der Waals surface area contributed by atoms with Gasteiger partial charge in [0.1, 0.15) is 5.82 Å². The van der Waals surface area contributed by atoms with Gasteiger partial charge in [-0.3, -0.25) is 0 Å². The molecule has 4 nitrogen and oxygen atoms in total. The van der Waals surface area contributed by atoms with E-state index in [2.05, 4.69) is 4.98 Å². The summed E-state index contributed by atoms with van der Waals surface area (Å²) in [5, 5.41) is 9.76. The van der Waals surface area contributed by atoms with Gasteiger partial charge in [0, 0.05) is 38.1 Å². The molecule has 2 aromatic rings. The molecular weight excluding hydrogens is 388 g/mol. The SMILES string of the molecule is N#Cc1ccc(N2CCN(c3ncc(Cl)cc3Cl)CC2)cc1C(F)(F)F. The van der Waals surface area contributed by atoms with E-state index in [9.17, 15) is 13.2 Å². The molecule has 1 aliphatic heterocycles. The van der Waals surface area contributed by atoms with Crippen LogP contribution in [0.2, 0.25) is 10.0 Å². The second-order valence-corrected chi connectivity index (χ2v) is 6.62. The average Bonchev–Trinajstić information content (AvgIpc) is 2.61. The number of piperazine rings is 1. The smallest absolute Gasteiger partial charge is 0.368 e. The van der Waals surface area contributed by atoms with Gasteiger partial charge >= 0.3 is 6.18 Å². The molecule has 0 saturated carbocycles. The number of nitrogens with zero attached hydrogens (tertiary/aromatic N) is 4. The van der Waals surface area contributed by atoms with Crippen molar-refractivity contribution in [3.8, 4) is 6.07 Å². The lowest BCUT2D eigenvalue weighted by Gasteiger charge is -2.37. The summed E-state index contributed by atoms with van der Waals surface area (Å²) in [6.45, 7) is 2.11. The minimum absolute atomic E-state index is 0.378. The summed E-state index contributed by atoms with van der Waals surface area (Å²) in [4.78, 5) is 8.03. The number of anilines is 2. The topological polar surface area (TPSA) is 43.2 Å². The molecule has 0 atom stereocenters. The van der Waals surface area contributed by atoms with Gasteiger partial charge in [-0.05, 0) is 24.3 Å². The van der Waals surface area contributed by atoms with Gasteiger partial charge in [0.25, 0.3) is 0 Å². The molecule has 0 unspecified atom stereocenters. The first-order valence-corrected chi connectivity index (χ1v) is 8.47. The molecule has 0 amide bonds. The number of rotatable bonds is 2. The molecule has 3 rings (SSSR count). The summed E-state index contributed by atoms with van der Waals surface area (Å²) in [5.74, 6) is 0.603. The van der Waals surface area contributed by atoms with Gasteiger partial charge in [0.05, 0.1) is 27.2 Å².